The first kappa shape index (κ1) is 35.4. The molecule has 0 saturated carbocycles. The number of ether oxygens (including phenoxy) is 2. The van der Waals surface area contributed by atoms with Crippen LogP contribution in [0.25, 0.3) is 11.3 Å². The van der Waals surface area contributed by atoms with Crippen molar-refractivity contribution in [3.05, 3.63) is 36.9 Å². The Balaban J connectivity index is 0.000000279. The Hall–Kier alpha value is -4.09. The minimum Gasteiger partial charge on any atom is -0.481 e. The number of likely N-dealkylation sites (tertiary alicyclic amines) is 2. The van der Waals surface area contributed by atoms with Crippen molar-refractivity contribution >= 4 is 29.8 Å². The number of nitrogens with one attached hydrogen (secondary N) is 1. The number of aromatic nitrogens is 1. The van der Waals surface area contributed by atoms with Crippen molar-refractivity contribution in [2.45, 2.75) is 92.3 Å². The molecule has 4 rings (SSSR count). The fraction of sp³-hybridized carbons (Fsp3) is 0.606. The molecule has 0 unspecified atom stereocenters. The van der Waals surface area contributed by atoms with Gasteiger partial charge in [0.15, 0.2) is 12.2 Å². The van der Waals surface area contributed by atoms with Crippen LogP contribution in [0.1, 0.15) is 81.1 Å². The minimum atomic E-state index is -0.790. The molecule has 0 aliphatic carbocycles. The number of nitrogens with zero attached hydrogens (tertiary/aromatic N) is 3. The zero-order chi connectivity index (χ0) is 33.6. The first-order valence-electron chi connectivity index (χ1n) is 15.3. The van der Waals surface area contributed by atoms with E-state index in [1.54, 1.807) is 22.9 Å². The number of hydrogen-bond donors (Lipinski definition) is 2. The zero-order valence-corrected chi connectivity index (χ0v) is 27.8. The zero-order valence-electron chi connectivity index (χ0n) is 27.8. The molecule has 0 bridgehead atoms. The molecule has 3 heterocycles. The standard InChI is InChI=1S/C21H27N3O4.C12H21NO4/c1-20(2,3)28-19(26)24-10-8-21(4,9-11-24)18(25)23-16-7-5-6-15(12-16)17-13-22-14-27-17;1-11(2,3)17-10(16)13-7-5-12(4,6-8-13)9(14)15/h5-7,12-14H,8-11H2,1-4H3,(H,23,25);5-8H2,1-4H3,(H,14,15). The number of hydrogen-bond acceptors (Lipinski definition) is 8. The molecule has 12 heteroatoms. The van der Waals surface area contributed by atoms with Crippen molar-refractivity contribution in [1.82, 2.24) is 14.8 Å². The van der Waals surface area contributed by atoms with Crippen LogP contribution in [0, 0.1) is 10.8 Å². The molecular formula is C33H48N4O8. The highest BCUT2D eigenvalue weighted by atomic mass is 16.6. The average molecular weight is 629 g/mol. The number of aliphatic carboxylic acids is 1. The van der Waals surface area contributed by atoms with Crippen LogP contribution < -0.4 is 5.32 Å². The molecule has 248 valence electrons. The quantitative estimate of drug-likeness (QED) is 0.390. The summed E-state index contributed by atoms with van der Waals surface area (Å²) in [6.45, 7) is 16.5. The number of anilines is 1. The number of carbonyl (C=O) groups is 4. The molecule has 1 aromatic carbocycles. The van der Waals surface area contributed by atoms with Gasteiger partial charge in [-0.3, -0.25) is 9.59 Å². The van der Waals surface area contributed by atoms with E-state index in [0.717, 1.165) is 5.56 Å². The van der Waals surface area contributed by atoms with E-state index in [9.17, 15) is 19.2 Å². The van der Waals surface area contributed by atoms with Crippen molar-refractivity contribution < 1.29 is 38.2 Å². The monoisotopic (exact) mass is 628 g/mol. The lowest BCUT2D eigenvalue weighted by molar-refractivity contribution is -0.150. The summed E-state index contributed by atoms with van der Waals surface area (Å²) in [5.74, 6) is -0.194. The van der Waals surface area contributed by atoms with Gasteiger partial charge in [-0.05, 0) is 86.3 Å². The van der Waals surface area contributed by atoms with Crippen LogP contribution in [0.5, 0.6) is 0 Å². The first-order valence-corrected chi connectivity index (χ1v) is 15.3. The van der Waals surface area contributed by atoms with Gasteiger partial charge in [0.2, 0.25) is 5.91 Å². The van der Waals surface area contributed by atoms with Gasteiger partial charge in [-0.2, -0.15) is 0 Å². The first-order chi connectivity index (χ1) is 20.8. The van der Waals surface area contributed by atoms with E-state index in [4.69, 9.17) is 19.0 Å². The van der Waals surface area contributed by atoms with Gasteiger partial charge in [-0.15, -0.1) is 0 Å². The lowest BCUT2D eigenvalue weighted by Crippen LogP contribution is -2.48. The number of oxazole rings is 1. The largest absolute Gasteiger partial charge is 0.481 e. The van der Waals surface area contributed by atoms with Gasteiger partial charge in [-0.1, -0.05) is 19.1 Å². The van der Waals surface area contributed by atoms with E-state index in [1.807, 2.05) is 72.7 Å². The van der Waals surface area contributed by atoms with Gasteiger partial charge in [0.05, 0.1) is 17.0 Å². The molecule has 45 heavy (non-hydrogen) atoms. The van der Waals surface area contributed by atoms with Crippen LogP contribution in [0.4, 0.5) is 15.3 Å². The summed E-state index contributed by atoms with van der Waals surface area (Å²) in [6, 6.07) is 7.46. The van der Waals surface area contributed by atoms with Crippen LogP contribution in [0.3, 0.4) is 0 Å². The molecule has 2 fully saturated rings. The molecular weight excluding hydrogens is 580 g/mol. The summed E-state index contributed by atoms with van der Waals surface area (Å²) in [6.07, 6.45) is 4.44. The number of piperidine rings is 2. The predicted octanol–water partition coefficient (Wildman–Crippen LogP) is 6.43. The van der Waals surface area contributed by atoms with E-state index in [-0.39, 0.29) is 18.1 Å². The summed E-state index contributed by atoms with van der Waals surface area (Å²) in [5.41, 5.74) is -0.733. The Bertz CT molecular complexity index is 1330. The number of carboxylic acids is 1. The topological polar surface area (TPSA) is 152 Å². The summed E-state index contributed by atoms with van der Waals surface area (Å²) in [4.78, 5) is 55.1. The summed E-state index contributed by atoms with van der Waals surface area (Å²) in [7, 11) is 0. The second-order valence-corrected chi connectivity index (χ2v) is 14.3. The number of carbonyl (C=O) groups excluding carboxylic acids is 3. The van der Waals surface area contributed by atoms with Crippen LogP contribution >= 0.6 is 0 Å². The molecule has 12 nitrogen and oxygen atoms in total. The molecule has 0 spiro atoms. The Kier molecular flexibility index (Phi) is 10.9. The number of carboxylic acid groups (broad SMARTS) is 1. The maximum Gasteiger partial charge on any atom is 0.410 e. The van der Waals surface area contributed by atoms with E-state index in [0.29, 0.717) is 63.3 Å². The smallest absolute Gasteiger partial charge is 0.410 e. The van der Waals surface area contributed by atoms with Crippen molar-refractivity contribution in [2.75, 3.05) is 31.5 Å². The number of amides is 3. The molecule has 0 radical (unpaired) electrons. The van der Waals surface area contributed by atoms with Crippen molar-refractivity contribution in [1.29, 1.82) is 0 Å². The second kappa shape index (κ2) is 13.9. The van der Waals surface area contributed by atoms with Crippen LogP contribution in [0.15, 0.2) is 41.3 Å². The van der Waals surface area contributed by atoms with Gasteiger partial charge in [0, 0.05) is 37.4 Å². The maximum atomic E-state index is 12.9. The average Bonchev–Trinajstić information content (AvgIpc) is 3.48. The Labute approximate surface area is 265 Å². The van der Waals surface area contributed by atoms with E-state index < -0.39 is 28.0 Å². The Morgan fingerprint density at radius 3 is 1.76 bits per heavy atom. The highest BCUT2D eigenvalue weighted by molar-refractivity contribution is 5.95. The molecule has 2 aromatic rings. The number of rotatable bonds is 4. The molecule has 1 aromatic heterocycles. The van der Waals surface area contributed by atoms with Gasteiger partial charge in [0.25, 0.3) is 0 Å². The van der Waals surface area contributed by atoms with Gasteiger partial charge in [0.1, 0.15) is 11.2 Å². The fourth-order valence-electron chi connectivity index (χ4n) is 4.85. The van der Waals surface area contributed by atoms with Crippen molar-refractivity contribution in [3.8, 4) is 11.3 Å². The highest BCUT2D eigenvalue weighted by Crippen LogP contribution is 2.34. The maximum absolute atomic E-state index is 12.9. The third-order valence-corrected chi connectivity index (χ3v) is 7.94. The van der Waals surface area contributed by atoms with Gasteiger partial charge in [-0.25, -0.2) is 14.6 Å². The predicted molar refractivity (Wildman–Crippen MR) is 169 cm³/mol. The second-order valence-electron chi connectivity index (χ2n) is 14.3. The molecule has 2 saturated heterocycles. The normalized spacial score (nSPS) is 17.8. The third kappa shape index (κ3) is 10.2. The lowest BCUT2D eigenvalue weighted by Gasteiger charge is -2.38. The van der Waals surface area contributed by atoms with E-state index in [1.165, 1.54) is 6.39 Å². The van der Waals surface area contributed by atoms with Gasteiger partial charge < -0.3 is 34.1 Å². The lowest BCUT2D eigenvalue weighted by atomic mass is 9.79. The highest BCUT2D eigenvalue weighted by Gasteiger charge is 2.40. The van der Waals surface area contributed by atoms with Crippen LogP contribution in [-0.2, 0) is 19.1 Å². The number of benzene rings is 1. The summed E-state index contributed by atoms with van der Waals surface area (Å²) < 4.78 is 16.0. The third-order valence-electron chi connectivity index (χ3n) is 7.94. The van der Waals surface area contributed by atoms with Crippen molar-refractivity contribution in [2.24, 2.45) is 10.8 Å². The molecule has 2 aliphatic rings. The van der Waals surface area contributed by atoms with Crippen molar-refractivity contribution in [3.63, 3.8) is 0 Å². The molecule has 2 aliphatic heterocycles. The minimum absolute atomic E-state index is 0.0499. The summed E-state index contributed by atoms with van der Waals surface area (Å²) in [5, 5.41) is 12.1. The molecule has 3 amide bonds. The van der Waals surface area contributed by atoms with E-state index >= 15 is 0 Å². The molecule has 0 atom stereocenters. The Morgan fingerprint density at radius 1 is 0.844 bits per heavy atom. The molecule has 2 N–H and O–H groups in total. The van der Waals surface area contributed by atoms with E-state index in [2.05, 4.69) is 10.3 Å². The summed E-state index contributed by atoms with van der Waals surface area (Å²) >= 11 is 0. The SMILES string of the molecule is CC(C)(C)OC(=O)N1CCC(C)(C(=O)Nc2cccc(-c3cnco3)c2)CC1.CC(C)(C)OC(=O)N1CCC(C)(C(=O)O)CC1. The van der Waals surface area contributed by atoms with Crippen LogP contribution in [0.2, 0.25) is 0 Å². The van der Waals surface area contributed by atoms with Gasteiger partial charge >= 0.3 is 18.2 Å². The Morgan fingerprint density at radius 2 is 1.33 bits per heavy atom. The van der Waals surface area contributed by atoms with Crippen LogP contribution in [-0.4, -0.2) is 81.3 Å². The fourth-order valence-corrected chi connectivity index (χ4v) is 4.85.